The van der Waals surface area contributed by atoms with Crippen molar-refractivity contribution in [3.63, 3.8) is 0 Å². The molecule has 0 bridgehead atoms. The fourth-order valence-corrected chi connectivity index (χ4v) is 1.99. The number of hydrogen-bond donors (Lipinski definition) is 1. The Labute approximate surface area is 101 Å². The molecule has 2 nitrogen and oxygen atoms in total. The van der Waals surface area contributed by atoms with Crippen LogP contribution < -0.4 is 5.32 Å². The number of rotatable bonds is 9. The molecule has 0 aliphatic rings. The summed E-state index contributed by atoms with van der Waals surface area (Å²) in [5.41, 5.74) is 0. The predicted molar refractivity (Wildman–Crippen MR) is 70.4 cm³/mol. The molecule has 1 unspecified atom stereocenters. The van der Waals surface area contributed by atoms with Crippen LogP contribution in [0.2, 0.25) is 0 Å². The maximum absolute atomic E-state index is 11.8. The van der Waals surface area contributed by atoms with Gasteiger partial charge >= 0.3 is 0 Å². The van der Waals surface area contributed by atoms with Gasteiger partial charge in [-0.25, -0.2) is 0 Å². The quantitative estimate of drug-likeness (QED) is 0.638. The molecule has 0 aliphatic heterocycles. The van der Waals surface area contributed by atoms with E-state index >= 15 is 0 Å². The molecule has 0 aromatic heterocycles. The molecule has 96 valence electrons. The third-order valence-electron chi connectivity index (χ3n) is 3.46. The summed E-state index contributed by atoms with van der Waals surface area (Å²) in [7, 11) is 0. The normalized spacial score (nSPS) is 12.8. The van der Waals surface area contributed by atoms with Crippen molar-refractivity contribution >= 4 is 5.91 Å². The smallest absolute Gasteiger partial charge is 0.223 e. The molecule has 0 saturated heterocycles. The molecule has 16 heavy (non-hydrogen) atoms. The molecule has 0 aromatic carbocycles. The van der Waals surface area contributed by atoms with Gasteiger partial charge in [-0.1, -0.05) is 47.0 Å². The van der Waals surface area contributed by atoms with E-state index in [1.807, 2.05) is 0 Å². The van der Waals surface area contributed by atoms with Gasteiger partial charge < -0.3 is 5.32 Å². The number of carbonyl (C=O) groups excluding carboxylic acids is 1. The molecule has 1 amide bonds. The third-order valence-corrected chi connectivity index (χ3v) is 3.46. The fraction of sp³-hybridized carbons (Fsp3) is 0.929. The lowest BCUT2D eigenvalue weighted by Gasteiger charge is -2.18. The SMILES string of the molecule is CCCCC(CC)CNC(=O)C(CC)CC. The minimum atomic E-state index is 0.212. The summed E-state index contributed by atoms with van der Waals surface area (Å²) < 4.78 is 0. The summed E-state index contributed by atoms with van der Waals surface area (Å²) in [4.78, 5) is 11.8. The third kappa shape index (κ3) is 6.14. The highest BCUT2D eigenvalue weighted by molar-refractivity contribution is 5.78. The first kappa shape index (κ1) is 15.5. The van der Waals surface area contributed by atoms with Crippen LogP contribution in [0.15, 0.2) is 0 Å². The van der Waals surface area contributed by atoms with E-state index in [9.17, 15) is 4.79 Å². The zero-order chi connectivity index (χ0) is 12.4. The second-order valence-electron chi connectivity index (χ2n) is 4.68. The number of nitrogens with one attached hydrogen (secondary N) is 1. The van der Waals surface area contributed by atoms with Crippen LogP contribution in [0.3, 0.4) is 0 Å². The Morgan fingerprint density at radius 3 is 2.12 bits per heavy atom. The summed E-state index contributed by atoms with van der Waals surface area (Å²) >= 11 is 0. The Bertz CT molecular complexity index is 176. The summed E-state index contributed by atoms with van der Waals surface area (Å²) in [6.07, 6.45) is 6.85. The van der Waals surface area contributed by atoms with Gasteiger partial charge in [0.1, 0.15) is 0 Å². The lowest BCUT2D eigenvalue weighted by molar-refractivity contribution is -0.125. The van der Waals surface area contributed by atoms with Gasteiger partial charge in [0.15, 0.2) is 0 Å². The number of hydrogen-bond acceptors (Lipinski definition) is 1. The van der Waals surface area contributed by atoms with Crippen molar-refractivity contribution in [3.8, 4) is 0 Å². The molecule has 1 N–H and O–H groups in total. The highest BCUT2D eigenvalue weighted by Crippen LogP contribution is 2.12. The van der Waals surface area contributed by atoms with Gasteiger partial charge in [0.05, 0.1) is 0 Å². The Morgan fingerprint density at radius 2 is 1.69 bits per heavy atom. The van der Waals surface area contributed by atoms with Crippen LogP contribution >= 0.6 is 0 Å². The Hall–Kier alpha value is -0.530. The van der Waals surface area contributed by atoms with E-state index in [4.69, 9.17) is 0 Å². The first-order chi connectivity index (χ1) is 7.69. The van der Waals surface area contributed by atoms with Crippen molar-refractivity contribution in [1.29, 1.82) is 0 Å². The summed E-state index contributed by atoms with van der Waals surface area (Å²) in [5, 5.41) is 3.11. The Morgan fingerprint density at radius 1 is 1.06 bits per heavy atom. The molecule has 2 heteroatoms. The average Bonchev–Trinajstić information content (AvgIpc) is 2.31. The van der Waals surface area contributed by atoms with Gasteiger partial charge in [-0.2, -0.15) is 0 Å². The Kier molecular flexibility index (Phi) is 9.36. The average molecular weight is 227 g/mol. The summed E-state index contributed by atoms with van der Waals surface area (Å²) in [6, 6.07) is 0. The molecule has 0 rings (SSSR count). The van der Waals surface area contributed by atoms with E-state index in [0.29, 0.717) is 5.92 Å². The first-order valence-corrected chi connectivity index (χ1v) is 6.97. The number of carbonyl (C=O) groups is 1. The molecule has 0 saturated carbocycles. The lowest BCUT2D eigenvalue weighted by atomic mass is 9.98. The molecule has 0 radical (unpaired) electrons. The summed E-state index contributed by atoms with van der Waals surface area (Å²) in [6.45, 7) is 9.47. The molecule has 0 spiro atoms. The van der Waals surface area contributed by atoms with Crippen LogP contribution in [0.1, 0.15) is 66.2 Å². The highest BCUT2D eigenvalue weighted by Gasteiger charge is 2.15. The van der Waals surface area contributed by atoms with Gasteiger partial charge in [-0.05, 0) is 25.2 Å². The second-order valence-corrected chi connectivity index (χ2v) is 4.68. The minimum Gasteiger partial charge on any atom is -0.356 e. The van der Waals surface area contributed by atoms with Gasteiger partial charge in [-0.3, -0.25) is 4.79 Å². The molecule has 0 fully saturated rings. The zero-order valence-corrected chi connectivity index (χ0v) is 11.5. The molecular formula is C14H29NO. The van der Waals surface area contributed by atoms with Crippen LogP contribution in [0, 0.1) is 11.8 Å². The molecule has 0 aromatic rings. The monoisotopic (exact) mass is 227 g/mol. The number of unbranched alkanes of at least 4 members (excludes halogenated alkanes) is 1. The van der Waals surface area contributed by atoms with Crippen molar-refractivity contribution in [3.05, 3.63) is 0 Å². The number of amides is 1. The second kappa shape index (κ2) is 9.68. The lowest BCUT2D eigenvalue weighted by Crippen LogP contribution is -2.34. The first-order valence-electron chi connectivity index (χ1n) is 6.97. The van der Waals surface area contributed by atoms with Crippen molar-refractivity contribution in [2.24, 2.45) is 11.8 Å². The van der Waals surface area contributed by atoms with E-state index in [1.54, 1.807) is 0 Å². The van der Waals surface area contributed by atoms with Crippen LogP contribution in [0.4, 0.5) is 0 Å². The minimum absolute atomic E-state index is 0.212. The largest absolute Gasteiger partial charge is 0.356 e. The van der Waals surface area contributed by atoms with E-state index in [-0.39, 0.29) is 11.8 Å². The Balaban J connectivity index is 3.86. The highest BCUT2D eigenvalue weighted by atomic mass is 16.1. The molecule has 0 heterocycles. The van der Waals surface area contributed by atoms with Crippen molar-refractivity contribution in [2.45, 2.75) is 66.2 Å². The van der Waals surface area contributed by atoms with Crippen LogP contribution in [-0.2, 0) is 4.79 Å². The topological polar surface area (TPSA) is 29.1 Å². The van der Waals surface area contributed by atoms with Crippen LogP contribution in [0.5, 0.6) is 0 Å². The van der Waals surface area contributed by atoms with E-state index in [0.717, 1.165) is 19.4 Å². The van der Waals surface area contributed by atoms with Crippen LogP contribution in [0.25, 0.3) is 0 Å². The van der Waals surface area contributed by atoms with Crippen molar-refractivity contribution < 1.29 is 4.79 Å². The standard InChI is InChI=1S/C14H29NO/c1-5-9-10-12(6-2)11-15-14(16)13(7-3)8-4/h12-13H,5-11H2,1-4H3,(H,15,16). The summed E-state index contributed by atoms with van der Waals surface area (Å²) in [5.74, 6) is 1.13. The van der Waals surface area contributed by atoms with Gasteiger partial charge in [0.2, 0.25) is 5.91 Å². The van der Waals surface area contributed by atoms with E-state index < -0.39 is 0 Å². The molecule has 1 atom stereocenters. The predicted octanol–water partition coefficient (Wildman–Crippen LogP) is 3.76. The fourth-order valence-electron chi connectivity index (χ4n) is 1.99. The van der Waals surface area contributed by atoms with E-state index in [1.165, 1.54) is 25.7 Å². The van der Waals surface area contributed by atoms with Gasteiger partial charge in [0, 0.05) is 12.5 Å². The van der Waals surface area contributed by atoms with Crippen molar-refractivity contribution in [1.82, 2.24) is 5.32 Å². The zero-order valence-electron chi connectivity index (χ0n) is 11.5. The molecular weight excluding hydrogens is 198 g/mol. The van der Waals surface area contributed by atoms with E-state index in [2.05, 4.69) is 33.0 Å². The van der Waals surface area contributed by atoms with Gasteiger partial charge in [0.25, 0.3) is 0 Å². The van der Waals surface area contributed by atoms with Gasteiger partial charge in [-0.15, -0.1) is 0 Å². The van der Waals surface area contributed by atoms with Crippen LogP contribution in [-0.4, -0.2) is 12.5 Å². The van der Waals surface area contributed by atoms with Crippen molar-refractivity contribution in [2.75, 3.05) is 6.54 Å². The maximum atomic E-state index is 11.8. The maximum Gasteiger partial charge on any atom is 0.223 e. The molecule has 0 aliphatic carbocycles.